The van der Waals surface area contributed by atoms with Gasteiger partial charge in [-0.05, 0) is 24.5 Å². The molecule has 110 valence electrons. The summed E-state index contributed by atoms with van der Waals surface area (Å²) in [5.41, 5.74) is 0. The summed E-state index contributed by atoms with van der Waals surface area (Å²) in [7, 11) is 0. The number of thiophene rings is 1. The van der Waals surface area contributed by atoms with Crippen molar-refractivity contribution in [2.24, 2.45) is 5.92 Å². The van der Waals surface area contributed by atoms with Crippen molar-refractivity contribution in [3.8, 4) is 0 Å². The molecule has 1 aromatic rings. The summed E-state index contributed by atoms with van der Waals surface area (Å²) in [6, 6.07) is 3.16. The van der Waals surface area contributed by atoms with Gasteiger partial charge in [-0.15, -0.1) is 11.3 Å². The summed E-state index contributed by atoms with van der Waals surface area (Å²) in [5.74, 6) is -0.596. The van der Waals surface area contributed by atoms with Gasteiger partial charge >= 0.3 is 5.97 Å². The number of hydrogen-bond donors (Lipinski definition) is 1. The molecular formula is C14H19NO4S. The lowest BCUT2D eigenvalue weighted by atomic mass is 10.0. The van der Waals surface area contributed by atoms with Crippen LogP contribution in [0.25, 0.3) is 0 Å². The number of carbonyl (C=O) groups excluding carboxylic acids is 1. The van der Waals surface area contributed by atoms with Crippen LogP contribution in [0.4, 0.5) is 0 Å². The van der Waals surface area contributed by atoms with Crippen LogP contribution in [0.15, 0.2) is 12.1 Å². The first kappa shape index (κ1) is 15.0. The number of aromatic carboxylic acids is 1. The second-order valence-electron chi connectivity index (χ2n) is 5.33. The Labute approximate surface area is 122 Å². The lowest BCUT2D eigenvalue weighted by Crippen LogP contribution is -2.49. The van der Waals surface area contributed by atoms with Gasteiger partial charge in [-0.2, -0.15) is 0 Å². The van der Waals surface area contributed by atoms with Gasteiger partial charge in [-0.1, -0.05) is 13.8 Å². The predicted molar refractivity (Wildman–Crippen MR) is 76.4 cm³/mol. The number of carboxylic acids is 1. The van der Waals surface area contributed by atoms with Crippen molar-refractivity contribution in [2.75, 3.05) is 19.8 Å². The number of ether oxygens (including phenoxy) is 1. The van der Waals surface area contributed by atoms with Crippen LogP contribution in [0.2, 0.25) is 0 Å². The zero-order chi connectivity index (χ0) is 14.7. The van der Waals surface area contributed by atoms with Crippen LogP contribution in [0.3, 0.4) is 0 Å². The molecule has 2 heterocycles. The van der Waals surface area contributed by atoms with Crippen LogP contribution in [-0.2, 0) is 4.74 Å². The van der Waals surface area contributed by atoms with E-state index in [2.05, 4.69) is 13.8 Å². The number of nitrogens with zero attached hydrogens (tertiary/aromatic N) is 1. The summed E-state index contributed by atoms with van der Waals surface area (Å²) < 4.78 is 5.46. The summed E-state index contributed by atoms with van der Waals surface area (Å²) in [6.07, 6.45) is 0.892. The highest BCUT2D eigenvalue weighted by Gasteiger charge is 2.29. The van der Waals surface area contributed by atoms with Gasteiger partial charge in [0.1, 0.15) is 4.88 Å². The molecule has 1 saturated heterocycles. The Hall–Kier alpha value is -1.40. The van der Waals surface area contributed by atoms with Crippen LogP contribution in [0.5, 0.6) is 0 Å². The highest BCUT2D eigenvalue weighted by Crippen LogP contribution is 2.23. The van der Waals surface area contributed by atoms with Crippen LogP contribution in [-0.4, -0.2) is 47.7 Å². The number of hydrogen-bond acceptors (Lipinski definition) is 4. The van der Waals surface area contributed by atoms with Gasteiger partial charge in [0.15, 0.2) is 0 Å². The Balaban J connectivity index is 2.14. The van der Waals surface area contributed by atoms with E-state index < -0.39 is 5.97 Å². The van der Waals surface area contributed by atoms with Crippen molar-refractivity contribution in [1.29, 1.82) is 0 Å². The topological polar surface area (TPSA) is 66.8 Å². The van der Waals surface area contributed by atoms with E-state index >= 15 is 0 Å². The summed E-state index contributed by atoms with van der Waals surface area (Å²) in [6.45, 7) is 5.89. The van der Waals surface area contributed by atoms with Crippen molar-refractivity contribution in [3.63, 3.8) is 0 Å². The molecule has 1 unspecified atom stereocenters. The molecule has 1 aliphatic heterocycles. The first-order valence-electron chi connectivity index (χ1n) is 6.71. The van der Waals surface area contributed by atoms with Crippen molar-refractivity contribution in [2.45, 2.75) is 26.3 Å². The largest absolute Gasteiger partial charge is 0.477 e. The third-order valence-electron chi connectivity index (χ3n) is 3.26. The van der Waals surface area contributed by atoms with E-state index in [4.69, 9.17) is 9.84 Å². The molecular weight excluding hydrogens is 278 g/mol. The van der Waals surface area contributed by atoms with Crippen molar-refractivity contribution in [3.05, 3.63) is 21.9 Å². The molecule has 0 aromatic carbocycles. The van der Waals surface area contributed by atoms with Crippen LogP contribution >= 0.6 is 11.3 Å². The van der Waals surface area contributed by atoms with E-state index in [1.807, 2.05) is 4.90 Å². The lowest BCUT2D eigenvalue weighted by molar-refractivity contribution is -0.00721. The van der Waals surface area contributed by atoms with E-state index in [1.54, 1.807) is 6.07 Å². The normalized spacial score (nSPS) is 19.4. The molecule has 1 N–H and O–H groups in total. The van der Waals surface area contributed by atoms with Gasteiger partial charge in [0.05, 0.1) is 24.1 Å². The molecule has 20 heavy (non-hydrogen) atoms. The highest BCUT2D eigenvalue weighted by atomic mass is 32.1. The third-order valence-corrected chi connectivity index (χ3v) is 4.32. The van der Waals surface area contributed by atoms with Crippen molar-refractivity contribution < 1.29 is 19.4 Å². The average Bonchev–Trinajstić information content (AvgIpc) is 2.87. The van der Waals surface area contributed by atoms with Gasteiger partial charge in [-0.25, -0.2) is 4.79 Å². The van der Waals surface area contributed by atoms with E-state index in [0.29, 0.717) is 30.6 Å². The Bertz CT molecular complexity index is 497. The molecule has 0 radical (unpaired) electrons. The first-order valence-corrected chi connectivity index (χ1v) is 7.52. The van der Waals surface area contributed by atoms with E-state index in [0.717, 1.165) is 17.8 Å². The van der Waals surface area contributed by atoms with Gasteiger partial charge in [0.2, 0.25) is 0 Å². The molecule has 1 fully saturated rings. The maximum Gasteiger partial charge on any atom is 0.345 e. The van der Waals surface area contributed by atoms with Gasteiger partial charge in [-0.3, -0.25) is 4.79 Å². The summed E-state index contributed by atoms with van der Waals surface area (Å²) >= 11 is 1.03. The van der Waals surface area contributed by atoms with Gasteiger partial charge in [0.25, 0.3) is 5.91 Å². The molecule has 2 rings (SSSR count). The van der Waals surface area contributed by atoms with Crippen LogP contribution < -0.4 is 0 Å². The first-order chi connectivity index (χ1) is 9.49. The van der Waals surface area contributed by atoms with Gasteiger partial charge in [0, 0.05) is 6.54 Å². The average molecular weight is 297 g/mol. The molecule has 5 nitrogen and oxygen atoms in total. The Morgan fingerprint density at radius 2 is 2.15 bits per heavy atom. The molecule has 0 spiro atoms. The van der Waals surface area contributed by atoms with E-state index in [9.17, 15) is 9.59 Å². The number of carbonyl (C=O) groups is 2. The number of rotatable bonds is 4. The fraction of sp³-hybridized carbons (Fsp3) is 0.571. The number of amides is 1. The Morgan fingerprint density at radius 3 is 2.75 bits per heavy atom. The Morgan fingerprint density at radius 1 is 1.45 bits per heavy atom. The SMILES string of the molecule is CC(C)CC1COCCN1C(=O)c1ccc(C(=O)O)s1. The number of morpholine rings is 1. The third kappa shape index (κ3) is 3.37. The van der Waals surface area contributed by atoms with Crippen molar-refractivity contribution in [1.82, 2.24) is 4.90 Å². The predicted octanol–water partition coefficient (Wildman–Crippen LogP) is 2.33. The summed E-state index contributed by atoms with van der Waals surface area (Å²) in [5, 5.41) is 8.93. The molecule has 1 aliphatic rings. The van der Waals surface area contributed by atoms with E-state index in [-0.39, 0.29) is 16.8 Å². The molecule has 1 amide bonds. The fourth-order valence-electron chi connectivity index (χ4n) is 2.37. The van der Waals surface area contributed by atoms with Crippen LogP contribution in [0.1, 0.15) is 39.6 Å². The second kappa shape index (κ2) is 6.37. The minimum absolute atomic E-state index is 0.0756. The Kier molecular flexibility index (Phi) is 4.77. The highest BCUT2D eigenvalue weighted by molar-refractivity contribution is 7.15. The molecule has 0 saturated carbocycles. The molecule has 6 heteroatoms. The zero-order valence-electron chi connectivity index (χ0n) is 11.7. The quantitative estimate of drug-likeness (QED) is 0.926. The van der Waals surface area contributed by atoms with Gasteiger partial charge < -0.3 is 14.7 Å². The zero-order valence-corrected chi connectivity index (χ0v) is 12.5. The fourth-order valence-corrected chi connectivity index (χ4v) is 3.17. The van der Waals surface area contributed by atoms with E-state index in [1.165, 1.54) is 6.07 Å². The maximum atomic E-state index is 12.5. The standard InChI is InChI=1S/C14H19NO4S/c1-9(2)7-10-8-19-6-5-15(10)13(16)11-3-4-12(20-11)14(17)18/h3-4,9-10H,5-8H2,1-2H3,(H,17,18). The molecule has 1 aromatic heterocycles. The monoisotopic (exact) mass is 297 g/mol. The lowest BCUT2D eigenvalue weighted by Gasteiger charge is -2.36. The molecule has 1 atom stereocenters. The minimum atomic E-state index is -0.991. The number of carboxylic acid groups (broad SMARTS) is 1. The summed E-state index contributed by atoms with van der Waals surface area (Å²) in [4.78, 5) is 25.9. The maximum absolute atomic E-state index is 12.5. The van der Waals surface area contributed by atoms with Crippen LogP contribution in [0, 0.1) is 5.92 Å². The molecule has 0 bridgehead atoms. The smallest absolute Gasteiger partial charge is 0.345 e. The molecule has 0 aliphatic carbocycles. The van der Waals surface area contributed by atoms with Crippen molar-refractivity contribution >= 4 is 23.2 Å². The minimum Gasteiger partial charge on any atom is -0.477 e. The second-order valence-corrected chi connectivity index (χ2v) is 6.41.